The lowest BCUT2D eigenvalue weighted by molar-refractivity contribution is -0.137. The Kier molecular flexibility index (Phi) is 12.4. The summed E-state index contributed by atoms with van der Waals surface area (Å²) in [4.78, 5) is 20.4. The van der Waals surface area contributed by atoms with E-state index in [0.717, 1.165) is 29.7 Å². The maximum Gasteiger partial charge on any atom is 0.326 e. The Hall–Kier alpha value is -3.99. The van der Waals surface area contributed by atoms with Crippen LogP contribution in [0.25, 0.3) is 11.3 Å². The van der Waals surface area contributed by atoms with Crippen molar-refractivity contribution in [2.24, 2.45) is 0 Å². The molecule has 188 valence electrons. The number of rotatable bonds is 9. The minimum absolute atomic E-state index is 0.367. The maximum absolute atomic E-state index is 11.8. The van der Waals surface area contributed by atoms with E-state index < -0.39 is 12.0 Å². The largest absolute Gasteiger partial charge is 0.480 e. The molecule has 5 heteroatoms. The molecule has 0 aliphatic carbocycles. The van der Waals surface area contributed by atoms with Gasteiger partial charge in [0.2, 0.25) is 0 Å². The maximum atomic E-state index is 11.8. The van der Waals surface area contributed by atoms with Crippen molar-refractivity contribution < 1.29 is 9.90 Å². The first-order valence-corrected chi connectivity index (χ1v) is 12.7. The fourth-order valence-corrected chi connectivity index (χ4v) is 3.60. The minimum atomic E-state index is -0.920. The van der Waals surface area contributed by atoms with E-state index in [1.165, 1.54) is 17.5 Å². The van der Waals surface area contributed by atoms with Gasteiger partial charge in [0.1, 0.15) is 18.2 Å². The van der Waals surface area contributed by atoms with Gasteiger partial charge in [0, 0.05) is 18.1 Å². The Morgan fingerprint density at radius 2 is 1.28 bits per heavy atom. The molecular formula is C31H37N3O2. The number of aryl methyl sites for hydroxylation is 2. The number of benzene rings is 3. The molecule has 4 rings (SSSR count). The summed E-state index contributed by atoms with van der Waals surface area (Å²) in [6.07, 6.45) is 3.80. The molecule has 0 fully saturated rings. The van der Waals surface area contributed by atoms with Crippen molar-refractivity contribution in [2.75, 3.05) is 5.32 Å². The van der Waals surface area contributed by atoms with E-state index in [9.17, 15) is 9.90 Å². The third kappa shape index (κ3) is 8.99. The van der Waals surface area contributed by atoms with Crippen LogP contribution >= 0.6 is 0 Å². The van der Waals surface area contributed by atoms with Gasteiger partial charge in [-0.05, 0) is 29.5 Å². The topological polar surface area (TPSA) is 75.1 Å². The van der Waals surface area contributed by atoms with Gasteiger partial charge >= 0.3 is 5.97 Å². The standard InChI is InChI=1S/C27H25N3O2.2C2H6/c31-27(32)25(17-22-9-5-2-6-10-22)30-26-18-24(28-19-29-26)23-15-13-21(14-16-23)12-11-20-7-3-1-4-8-20;2*1-2/h1-10,13-16,18-19,25H,11-12,17H2,(H,31,32)(H,28,29,30);2*1-2H3. The van der Waals surface area contributed by atoms with Gasteiger partial charge in [0.25, 0.3) is 0 Å². The van der Waals surface area contributed by atoms with Gasteiger partial charge in [-0.1, -0.05) is 113 Å². The third-order valence-electron chi connectivity index (χ3n) is 5.36. The number of carboxylic acid groups (broad SMARTS) is 1. The zero-order valence-corrected chi connectivity index (χ0v) is 21.7. The molecule has 0 aliphatic heterocycles. The second-order valence-corrected chi connectivity index (χ2v) is 7.70. The normalized spacial score (nSPS) is 10.7. The van der Waals surface area contributed by atoms with Crippen LogP contribution in [0.4, 0.5) is 5.82 Å². The summed E-state index contributed by atoms with van der Waals surface area (Å²) >= 11 is 0. The van der Waals surface area contributed by atoms with Crippen LogP contribution in [-0.2, 0) is 24.1 Å². The van der Waals surface area contributed by atoms with Crippen LogP contribution in [0.3, 0.4) is 0 Å². The van der Waals surface area contributed by atoms with Crippen LogP contribution < -0.4 is 5.32 Å². The zero-order chi connectivity index (χ0) is 26.2. The highest BCUT2D eigenvalue weighted by Gasteiger charge is 2.18. The van der Waals surface area contributed by atoms with Crippen molar-refractivity contribution in [2.45, 2.75) is 53.0 Å². The van der Waals surface area contributed by atoms with Gasteiger partial charge in [-0.2, -0.15) is 0 Å². The fourth-order valence-electron chi connectivity index (χ4n) is 3.60. The number of aromatic nitrogens is 2. The highest BCUT2D eigenvalue weighted by atomic mass is 16.4. The van der Waals surface area contributed by atoms with Crippen LogP contribution in [0, 0.1) is 0 Å². The second-order valence-electron chi connectivity index (χ2n) is 7.70. The molecular weight excluding hydrogens is 446 g/mol. The first-order valence-electron chi connectivity index (χ1n) is 12.7. The number of carbonyl (C=O) groups is 1. The Balaban J connectivity index is 0.00000109. The summed E-state index contributed by atoms with van der Waals surface area (Å²) in [5, 5.41) is 12.7. The van der Waals surface area contributed by atoms with Crippen LogP contribution in [0.2, 0.25) is 0 Å². The average Bonchev–Trinajstić information content (AvgIpc) is 2.95. The van der Waals surface area contributed by atoms with Crippen molar-refractivity contribution in [3.05, 3.63) is 114 Å². The molecule has 36 heavy (non-hydrogen) atoms. The van der Waals surface area contributed by atoms with E-state index in [1.807, 2.05) is 76.2 Å². The van der Waals surface area contributed by atoms with Crippen LogP contribution in [-0.4, -0.2) is 27.1 Å². The van der Waals surface area contributed by atoms with Gasteiger partial charge in [-0.3, -0.25) is 0 Å². The average molecular weight is 484 g/mol. The Bertz CT molecular complexity index is 1150. The van der Waals surface area contributed by atoms with Crippen molar-refractivity contribution in [1.82, 2.24) is 9.97 Å². The Morgan fingerprint density at radius 3 is 1.83 bits per heavy atom. The number of hydrogen-bond donors (Lipinski definition) is 2. The molecule has 1 aromatic heterocycles. The van der Waals surface area contributed by atoms with E-state index in [4.69, 9.17) is 0 Å². The number of aliphatic carboxylic acids is 1. The Labute approximate surface area is 215 Å². The van der Waals surface area contributed by atoms with Crippen molar-refractivity contribution in [3.63, 3.8) is 0 Å². The first kappa shape index (κ1) is 28.2. The second kappa shape index (κ2) is 15.8. The minimum Gasteiger partial charge on any atom is -0.480 e. The molecule has 0 saturated heterocycles. The molecule has 1 atom stereocenters. The zero-order valence-electron chi connectivity index (χ0n) is 21.7. The van der Waals surface area contributed by atoms with E-state index in [-0.39, 0.29) is 0 Å². The number of carboxylic acids is 1. The third-order valence-corrected chi connectivity index (χ3v) is 5.36. The summed E-state index contributed by atoms with van der Waals surface area (Å²) in [5.41, 5.74) is 5.26. The molecule has 0 bridgehead atoms. The van der Waals surface area contributed by atoms with E-state index in [1.54, 1.807) is 6.07 Å². The summed E-state index contributed by atoms with van der Waals surface area (Å²) in [5.74, 6) is -0.428. The van der Waals surface area contributed by atoms with Crippen LogP contribution in [0.1, 0.15) is 44.4 Å². The quantitative estimate of drug-likeness (QED) is 0.266. The van der Waals surface area contributed by atoms with Crippen molar-refractivity contribution in [1.29, 1.82) is 0 Å². The molecule has 0 saturated carbocycles. The van der Waals surface area contributed by atoms with Gasteiger partial charge in [-0.15, -0.1) is 0 Å². The summed E-state index contributed by atoms with van der Waals surface area (Å²) in [6.45, 7) is 8.00. The molecule has 1 heterocycles. The van der Waals surface area contributed by atoms with Gasteiger partial charge in [-0.25, -0.2) is 14.8 Å². The molecule has 4 aromatic rings. The van der Waals surface area contributed by atoms with Crippen molar-refractivity contribution >= 4 is 11.8 Å². The Morgan fingerprint density at radius 1 is 0.750 bits per heavy atom. The van der Waals surface area contributed by atoms with E-state index in [0.29, 0.717) is 12.2 Å². The number of nitrogens with one attached hydrogen (secondary N) is 1. The van der Waals surface area contributed by atoms with Gasteiger partial charge in [0.05, 0.1) is 5.69 Å². The number of anilines is 1. The molecule has 1 unspecified atom stereocenters. The molecule has 0 radical (unpaired) electrons. The lowest BCUT2D eigenvalue weighted by Crippen LogP contribution is -2.31. The molecule has 0 aliphatic rings. The SMILES string of the molecule is CC.CC.O=C(O)C(Cc1ccccc1)Nc1cc(-c2ccc(CCc3ccccc3)cc2)ncn1. The number of nitrogens with zero attached hydrogens (tertiary/aromatic N) is 2. The van der Waals surface area contributed by atoms with Crippen LogP contribution in [0.5, 0.6) is 0 Å². The fraction of sp³-hybridized carbons (Fsp3) is 0.258. The molecule has 0 amide bonds. The predicted molar refractivity (Wildman–Crippen MR) is 149 cm³/mol. The van der Waals surface area contributed by atoms with E-state index >= 15 is 0 Å². The first-order chi connectivity index (χ1) is 17.7. The molecule has 5 nitrogen and oxygen atoms in total. The molecule has 2 N–H and O–H groups in total. The smallest absolute Gasteiger partial charge is 0.326 e. The summed E-state index contributed by atoms with van der Waals surface area (Å²) in [6, 6.07) is 29.3. The number of hydrogen-bond acceptors (Lipinski definition) is 4. The van der Waals surface area contributed by atoms with Crippen LogP contribution in [0.15, 0.2) is 97.3 Å². The highest BCUT2D eigenvalue weighted by Crippen LogP contribution is 2.21. The molecule has 3 aromatic carbocycles. The van der Waals surface area contributed by atoms with Gasteiger partial charge < -0.3 is 10.4 Å². The lowest BCUT2D eigenvalue weighted by Gasteiger charge is -2.15. The highest BCUT2D eigenvalue weighted by molar-refractivity contribution is 5.77. The monoisotopic (exact) mass is 483 g/mol. The van der Waals surface area contributed by atoms with Gasteiger partial charge in [0.15, 0.2) is 0 Å². The van der Waals surface area contributed by atoms with E-state index in [2.05, 4.69) is 51.7 Å². The van der Waals surface area contributed by atoms with Crippen molar-refractivity contribution in [3.8, 4) is 11.3 Å². The molecule has 0 spiro atoms. The summed E-state index contributed by atoms with van der Waals surface area (Å²) in [7, 11) is 0. The summed E-state index contributed by atoms with van der Waals surface area (Å²) < 4.78 is 0. The predicted octanol–water partition coefficient (Wildman–Crippen LogP) is 7.09. The lowest BCUT2D eigenvalue weighted by atomic mass is 10.0.